The van der Waals surface area contributed by atoms with Gasteiger partial charge in [0.2, 0.25) is 5.91 Å². The van der Waals surface area contributed by atoms with Crippen molar-refractivity contribution in [1.29, 1.82) is 0 Å². The minimum absolute atomic E-state index is 0.0176. The number of primary amides is 1. The van der Waals surface area contributed by atoms with Gasteiger partial charge >= 0.3 is 0 Å². The normalized spacial score (nSPS) is 15.7. The van der Waals surface area contributed by atoms with Crippen LogP contribution in [0.2, 0.25) is 5.02 Å². The summed E-state index contributed by atoms with van der Waals surface area (Å²) in [5.74, 6) is -0.730. The minimum Gasteiger partial charge on any atom is -0.368 e. The summed E-state index contributed by atoms with van der Waals surface area (Å²) < 4.78 is 0.725. The van der Waals surface area contributed by atoms with Crippen LogP contribution in [0.5, 0.6) is 0 Å². The summed E-state index contributed by atoms with van der Waals surface area (Å²) in [6, 6.07) is 5.03. The van der Waals surface area contributed by atoms with Crippen LogP contribution in [0.4, 0.5) is 0 Å². The second-order valence-electron chi connectivity index (χ2n) is 5.04. The fourth-order valence-corrected chi connectivity index (χ4v) is 3.36. The molecule has 1 fully saturated rings. The van der Waals surface area contributed by atoms with Crippen LogP contribution >= 0.6 is 27.5 Å². The molecule has 1 aliphatic rings. The number of benzene rings is 1. The van der Waals surface area contributed by atoms with Crippen LogP contribution in [0.25, 0.3) is 0 Å². The van der Waals surface area contributed by atoms with E-state index in [-0.39, 0.29) is 18.5 Å². The number of nitrogens with one attached hydrogen (secondary N) is 1. The van der Waals surface area contributed by atoms with E-state index in [1.54, 1.807) is 23.1 Å². The number of amides is 2. The Labute approximate surface area is 136 Å². The van der Waals surface area contributed by atoms with Gasteiger partial charge in [-0.05, 0) is 44.1 Å². The average Bonchev–Trinajstić information content (AvgIpc) is 2.44. The Bertz CT molecular complexity index is 527. The molecule has 0 bridgehead atoms. The molecule has 1 saturated heterocycles. The van der Waals surface area contributed by atoms with Gasteiger partial charge in [0.1, 0.15) is 0 Å². The largest absolute Gasteiger partial charge is 0.368 e. The Kier molecular flexibility index (Phi) is 5.61. The zero-order chi connectivity index (χ0) is 15.4. The molecule has 21 heavy (non-hydrogen) atoms. The van der Waals surface area contributed by atoms with E-state index in [4.69, 9.17) is 17.3 Å². The van der Waals surface area contributed by atoms with Gasteiger partial charge in [-0.3, -0.25) is 9.59 Å². The quantitative estimate of drug-likeness (QED) is 0.843. The lowest BCUT2D eigenvalue weighted by atomic mass is 10.0. The van der Waals surface area contributed by atoms with E-state index in [1.807, 2.05) is 0 Å². The molecule has 2 rings (SSSR count). The van der Waals surface area contributed by atoms with Gasteiger partial charge in [-0.25, -0.2) is 0 Å². The van der Waals surface area contributed by atoms with Crippen molar-refractivity contribution in [2.75, 3.05) is 19.6 Å². The first kappa shape index (κ1) is 16.3. The van der Waals surface area contributed by atoms with Crippen molar-refractivity contribution in [2.45, 2.75) is 18.9 Å². The van der Waals surface area contributed by atoms with Crippen molar-refractivity contribution in [3.63, 3.8) is 0 Å². The highest BCUT2D eigenvalue weighted by molar-refractivity contribution is 9.10. The monoisotopic (exact) mass is 373 g/mol. The molecule has 7 heteroatoms. The third kappa shape index (κ3) is 4.43. The zero-order valence-electron chi connectivity index (χ0n) is 11.4. The van der Waals surface area contributed by atoms with Crippen LogP contribution in [0.3, 0.4) is 0 Å². The number of nitrogens with zero attached hydrogens (tertiary/aromatic N) is 1. The van der Waals surface area contributed by atoms with Crippen LogP contribution in [-0.4, -0.2) is 42.4 Å². The Morgan fingerprint density at radius 1 is 1.33 bits per heavy atom. The molecule has 1 aromatic carbocycles. The minimum atomic E-state index is -0.511. The predicted octanol–water partition coefficient (Wildman–Crippen LogP) is 1.78. The van der Waals surface area contributed by atoms with Gasteiger partial charge in [-0.2, -0.15) is 0 Å². The van der Waals surface area contributed by atoms with Gasteiger partial charge in [0, 0.05) is 21.1 Å². The number of carbonyl (C=O) groups is 2. The van der Waals surface area contributed by atoms with Gasteiger partial charge in [-0.15, -0.1) is 0 Å². The third-order valence-corrected chi connectivity index (χ3v) is 4.12. The molecule has 0 unspecified atom stereocenters. The first-order valence-corrected chi connectivity index (χ1v) is 7.90. The summed E-state index contributed by atoms with van der Waals surface area (Å²) in [6.07, 6.45) is 1.61. The van der Waals surface area contributed by atoms with Crippen molar-refractivity contribution in [1.82, 2.24) is 10.2 Å². The van der Waals surface area contributed by atoms with E-state index in [9.17, 15) is 9.59 Å². The standard InChI is InChI=1S/C14H17BrClN3O2/c15-10-5-9(6-11(16)7-10)14(21)19(8-13(17)20)12-1-3-18-4-2-12/h5-7,12,18H,1-4,8H2,(H2,17,20). The van der Waals surface area contributed by atoms with Gasteiger partial charge < -0.3 is 16.0 Å². The van der Waals surface area contributed by atoms with Crippen LogP contribution in [0.1, 0.15) is 23.2 Å². The van der Waals surface area contributed by atoms with Crippen molar-refractivity contribution in [3.05, 3.63) is 33.3 Å². The second-order valence-corrected chi connectivity index (χ2v) is 6.39. The first-order valence-electron chi connectivity index (χ1n) is 6.73. The number of nitrogens with two attached hydrogens (primary N) is 1. The molecular weight excluding hydrogens is 358 g/mol. The molecule has 1 heterocycles. The van der Waals surface area contributed by atoms with Gasteiger partial charge in [0.25, 0.3) is 5.91 Å². The van der Waals surface area contributed by atoms with Crippen molar-refractivity contribution in [2.24, 2.45) is 5.73 Å². The Balaban J connectivity index is 2.25. The molecule has 1 aliphatic heterocycles. The van der Waals surface area contributed by atoms with Crippen LogP contribution < -0.4 is 11.1 Å². The molecule has 5 nitrogen and oxygen atoms in total. The lowest BCUT2D eigenvalue weighted by Crippen LogP contribution is -2.49. The highest BCUT2D eigenvalue weighted by Crippen LogP contribution is 2.22. The third-order valence-electron chi connectivity index (χ3n) is 3.45. The molecule has 3 N–H and O–H groups in total. The fraction of sp³-hybridized carbons (Fsp3) is 0.429. The molecule has 1 aromatic rings. The van der Waals surface area contributed by atoms with Crippen molar-refractivity contribution >= 4 is 39.3 Å². The SMILES string of the molecule is NC(=O)CN(C(=O)c1cc(Cl)cc(Br)c1)C1CCNCC1. The van der Waals surface area contributed by atoms with E-state index in [0.29, 0.717) is 10.6 Å². The summed E-state index contributed by atoms with van der Waals surface area (Å²) >= 11 is 9.31. The van der Waals surface area contributed by atoms with Gasteiger partial charge in [-0.1, -0.05) is 27.5 Å². The number of halogens is 2. The van der Waals surface area contributed by atoms with Crippen LogP contribution in [0.15, 0.2) is 22.7 Å². The summed E-state index contributed by atoms with van der Waals surface area (Å²) in [7, 11) is 0. The average molecular weight is 375 g/mol. The number of hydrogen-bond donors (Lipinski definition) is 2. The predicted molar refractivity (Wildman–Crippen MR) is 85.3 cm³/mol. The first-order chi connectivity index (χ1) is 9.97. The molecule has 0 aromatic heterocycles. The maximum atomic E-state index is 12.7. The lowest BCUT2D eigenvalue weighted by Gasteiger charge is -2.34. The summed E-state index contributed by atoms with van der Waals surface area (Å²) in [5, 5.41) is 3.71. The number of rotatable bonds is 4. The van der Waals surface area contributed by atoms with E-state index in [2.05, 4.69) is 21.2 Å². The van der Waals surface area contributed by atoms with Gasteiger partial charge in [0.05, 0.1) is 6.54 Å². The van der Waals surface area contributed by atoms with E-state index in [1.165, 1.54) is 0 Å². The van der Waals surface area contributed by atoms with Crippen LogP contribution in [0, 0.1) is 0 Å². The van der Waals surface area contributed by atoms with E-state index < -0.39 is 5.91 Å². The topological polar surface area (TPSA) is 75.4 Å². The highest BCUT2D eigenvalue weighted by atomic mass is 79.9. The van der Waals surface area contributed by atoms with Crippen molar-refractivity contribution < 1.29 is 9.59 Å². The fourth-order valence-electron chi connectivity index (χ4n) is 2.50. The Morgan fingerprint density at radius 2 is 2.00 bits per heavy atom. The molecule has 0 spiro atoms. The lowest BCUT2D eigenvalue weighted by molar-refractivity contribution is -0.119. The molecule has 0 radical (unpaired) electrons. The van der Waals surface area contributed by atoms with Gasteiger partial charge in [0.15, 0.2) is 0 Å². The molecule has 2 amide bonds. The number of hydrogen-bond acceptors (Lipinski definition) is 3. The van der Waals surface area contributed by atoms with E-state index in [0.717, 1.165) is 30.4 Å². The Morgan fingerprint density at radius 3 is 2.57 bits per heavy atom. The molecule has 0 atom stereocenters. The molecule has 114 valence electrons. The van der Waals surface area contributed by atoms with Crippen LogP contribution in [-0.2, 0) is 4.79 Å². The summed E-state index contributed by atoms with van der Waals surface area (Å²) in [6.45, 7) is 1.58. The smallest absolute Gasteiger partial charge is 0.254 e. The molecular formula is C14H17BrClN3O2. The number of piperidine rings is 1. The maximum absolute atomic E-state index is 12.7. The summed E-state index contributed by atoms with van der Waals surface area (Å²) in [5.41, 5.74) is 5.74. The zero-order valence-corrected chi connectivity index (χ0v) is 13.8. The number of carbonyl (C=O) groups excluding carboxylic acids is 2. The summed E-state index contributed by atoms with van der Waals surface area (Å²) in [4.78, 5) is 25.6. The second kappa shape index (κ2) is 7.24. The molecule has 0 aliphatic carbocycles. The maximum Gasteiger partial charge on any atom is 0.254 e. The van der Waals surface area contributed by atoms with Crippen molar-refractivity contribution in [3.8, 4) is 0 Å². The van der Waals surface area contributed by atoms with E-state index >= 15 is 0 Å². The Hall–Kier alpha value is -1.11. The molecule has 0 saturated carbocycles. The highest BCUT2D eigenvalue weighted by Gasteiger charge is 2.27.